The molecule has 0 fully saturated rings. The van der Waals surface area contributed by atoms with E-state index >= 15 is 0 Å². The zero-order chi connectivity index (χ0) is 19.1. The highest BCUT2D eigenvalue weighted by atomic mass is 79.9. The van der Waals surface area contributed by atoms with Crippen LogP contribution in [0, 0.1) is 0 Å². The van der Waals surface area contributed by atoms with Gasteiger partial charge < -0.3 is 10.2 Å². The molecule has 1 N–H and O–H groups in total. The van der Waals surface area contributed by atoms with Gasteiger partial charge in [0.05, 0.1) is 21.7 Å². The number of benzene rings is 3. The molecule has 3 aromatic rings. The Morgan fingerprint density at radius 3 is 2.26 bits per heavy atom. The maximum atomic E-state index is 5.94. The second-order valence-corrected chi connectivity index (χ2v) is 7.95. The van der Waals surface area contributed by atoms with Gasteiger partial charge in [-0.3, -0.25) is 0 Å². The van der Waals surface area contributed by atoms with E-state index in [0.717, 1.165) is 36.4 Å². The average Bonchev–Trinajstić information content (AvgIpc) is 2.67. The molecule has 0 aromatic heterocycles. The van der Waals surface area contributed by atoms with Gasteiger partial charge in [-0.2, -0.15) is 5.10 Å². The first-order valence-electron chi connectivity index (χ1n) is 8.28. The molecular formula is C21H17Br2ClN2O. The lowest BCUT2D eigenvalue weighted by atomic mass is 10.2. The Kier molecular flexibility index (Phi) is 7.33. The van der Waals surface area contributed by atoms with Crippen molar-refractivity contribution in [3.8, 4) is 5.75 Å². The number of hydrogen-bond donors (Lipinski definition) is 1. The van der Waals surface area contributed by atoms with Gasteiger partial charge in [0.25, 0.3) is 0 Å². The Balaban J connectivity index is 1.59. The van der Waals surface area contributed by atoms with Crippen molar-refractivity contribution in [2.45, 2.75) is 13.2 Å². The van der Waals surface area contributed by atoms with Gasteiger partial charge in [-0.25, -0.2) is 0 Å². The van der Waals surface area contributed by atoms with Crippen LogP contribution in [0.5, 0.6) is 5.75 Å². The maximum absolute atomic E-state index is 5.94. The molecule has 0 bridgehead atoms. The Labute approximate surface area is 180 Å². The molecule has 138 valence electrons. The minimum atomic E-state index is 0.508. The van der Waals surface area contributed by atoms with Crippen molar-refractivity contribution in [1.82, 2.24) is 5.43 Å². The summed E-state index contributed by atoms with van der Waals surface area (Å²) in [5.41, 5.74) is 6.22. The second-order valence-electron chi connectivity index (χ2n) is 5.81. The summed E-state index contributed by atoms with van der Waals surface area (Å²) in [5.74, 6) is 0.769. The number of ether oxygens (including phenoxy) is 1. The Bertz CT molecular complexity index is 892. The second kappa shape index (κ2) is 9.93. The minimum Gasteiger partial charge on any atom is -0.487 e. The highest BCUT2D eigenvalue weighted by Gasteiger charge is 2.09. The number of nitrogens with one attached hydrogen (secondary N) is 1. The van der Waals surface area contributed by atoms with Crippen LogP contribution < -0.4 is 10.2 Å². The molecular weight excluding hydrogens is 492 g/mol. The van der Waals surface area contributed by atoms with Crippen molar-refractivity contribution in [3.05, 3.63) is 97.4 Å². The summed E-state index contributed by atoms with van der Waals surface area (Å²) in [6.07, 6.45) is 1.77. The number of nitrogens with zero attached hydrogens (tertiary/aromatic N) is 1. The smallest absolute Gasteiger partial charge is 0.148 e. The number of rotatable bonds is 7. The SMILES string of the molecule is Clc1ccc(CN/N=C\c2cc(Br)c(OCc3ccccc3)c(Br)c2)cc1. The summed E-state index contributed by atoms with van der Waals surface area (Å²) in [6, 6.07) is 21.7. The zero-order valence-electron chi connectivity index (χ0n) is 14.3. The van der Waals surface area contributed by atoms with Crippen LogP contribution >= 0.6 is 43.5 Å². The number of hydrazone groups is 1. The van der Waals surface area contributed by atoms with E-state index in [1.54, 1.807) is 6.21 Å². The van der Waals surface area contributed by atoms with Crippen molar-refractivity contribution in [3.63, 3.8) is 0 Å². The average molecular weight is 509 g/mol. The molecule has 0 spiro atoms. The van der Waals surface area contributed by atoms with Gasteiger partial charge in [0.15, 0.2) is 0 Å². The van der Waals surface area contributed by atoms with Gasteiger partial charge in [-0.15, -0.1) is 0 Å². The van der Waals surface area contributed by atoms with E-state index in [2.05, 4.69) is 42.4 Å². The van der Waals surface area contributed by atoms with E-state index in [0.29, 0.717) is 13.2 Å². The number of hydrogen-bond acceptors (Lipinski definition) is 3. The van der Waals surface area contributed by atoms with Crippen LogP contribution in [0.3, 0.4) is 0 Å². The van der Waals surface area contributed by atoms with E-state index in [4.69, 9.17) is 16.3 Å². The molecule has 3 aromatic carbocycles. The van der Waals surface area contributed by atoms with E-state index < -0.39 is 0 Å². The van der Waals surface area contributed by atoms with Crippen molar-refractivity contribution in [1.29, 1.82) is 0 Å². The topological polar surface area (TPSA) is 33.6 Å². The van der Waals surface area contributed by atoms with Crippen molar-refractivity contribution < 1.29 is 4.74 Å². The fourth-order valence-electron chi connectivity index (χ4n) is 2.38. The van der Waals surface area contributed by atoms with Gasteiger partial charge in [-0.05, 0) is 72.8 Å². The van der Waals surface area contributed by atoms with Crippen LogP contribution in [0.2, 0.25) is 5.02 Å². The first-order valence-corrected chi connectivity index (χ1v) is 10.2. The van der Waals surface area contributed by atoms with Gasteiger partial charge in [0, 0.05) is 5.02 Å². The zero-order valence-corrected chi connectivity index (χ0v) is 18.3. The lowest BCUT2D eigenvalue weighted by Gasteiger charge is -2.11. The van der Waals surface area contributed by atoms with Gasteiger partial charge in [-0.1, -0.05) is 54.1 Å². The molecule has 0 atom stereocenters. The standard InChI is InChI=1S/C21H17Br2ClN2O/c22-19-10-17(13-26-25-12-15-6-8-18(24)9-7-15)11-20(23)21(19)27-14-16-4-2-1-3-5-16/h1-11,13,25H,12,14H2/b26-13-. The molecule has 3 rings (SSSR count). The third kappa shape index (κ3) is 6.09. The lowest BCUT2D eigenvalue weighted by Crippen LogP contribution is -2.05. The predicted molar refractivity (Wildman–Crippen MR) is 119 cm³/mol. The molecule has 27 heavy (non-hydrogen) atoms. The summed E-state index contributed by atoms with van der Waals surface area (Å²) in [4.78, 5) is 0. The molecule has 0 aliphatic carbocycles. The highest BCUT2D eigenvalue weighted by molar-refractivity contribution is 9.11. The summed E-state index contributed by atoms with van der Waals surface area (Å²) in [6.45, 7) is 1.14. The molecule has 6 heteroatoms. The third-order valence-corrected chi connectivity index (χ3v) is 5.18. The monoisotopic (exact) mass is 506 g/mol. The molecule has 0 heterocycles. The molecule has 0 saturated carbocycles. The summed E-state index contributed by atoms with van der Waals surface area (Å²) in [5, 5.41) is 5.00. The van der Waals surface area contributed by atoms with Crippen molar-refractivity contribution in [2.75, 3.05) is 0 Å². The molecule has 0 radical (unpaired) electrons. The van der Waals surface area contributed by atoms with Gasteiger partial charge in [0.2, 0.25) is 0 Å². The molecule has 0 unspecified atom stereocenters. The molecule has 3 nitrogen and oxygen atoms in total. The Morgan fingerprint density at radius 2 is 1.59 bits per heavy atom. The minimum absolute atomic E-state index is 0.508. The summed E-state index contributed by atoms with van der Waals surface area (Å²) in [7, 11) is 0. The molecule has 0 aliphatic heterocycles. The molecule has 0 amide bonds. The maximum Gasteiger partial charge on any atom is 0.148 e. The van der Waals surface area contributed by atoms with Crippen LogP contribution in [0.1, 0.15) is 16.7 Å². The van der Waals surface area contributed by atoms with Crippen LogP contribution in [0.15, 0.2) is 80.8 Å². The fourth-order valence-corrected chi connectivity index (χ4v) is 3.96. The van der Waals surface area contributed by atoms with E-state index in [9.17, 15) is 0 Å². The first kappa shape index (κ1) is 19.9. The summed E-state index contributed by atoms with van der Waals surface area (Å²) < 4.78 is 7.67. The van der Waals surface area contributed by atoms with Crippen molar-refractivity contribution >= 4 is 49.7 Å². The van der Waals surface area contributed by atoms with Crippen LogP contribution in [0.25, 0.3) is 0 Å². The van der Waals surface area contributed by atoms with Gasteiger partial charge in [0.1, 0.15) is 12.4 Å². The molecule has 0 saturated heterocycles. The highest BCUT2D eigenvalue weighted by Crippen LogP contribution is 2.35. The van der Waals surface area contributed by atoms with Crippen LogP contribution in [-0.2, 0) is 13.2 Å². The Morgan fingerprint density at radius 1 is 0.926 bits per heavy atom. The van der Waals surface area contributed by atoms with Crippen LogP contribution in [-0.4, -0.2) is 6.21 Å². The van der Waals surface area contributed by atoms with E-state index in [1.807, 2.05) is 66.7 Å². The third-order valence-electron chi connectivity index (χ3n) is 3.75. The largest absolute Gasteiger partial charge is 0.487 e. The molecule has 0 aliphatic rings. The van der Waals surface area contributed by atoms with Crippen LogP contribution in [0.4, 0.5) is 0 Å². The lowest BCUT2D eigenvalue weighted by molar-refractivity contribution is 0.302. The fraction of sp³-hybridized carbons (Fsp3) is 0.0952. The Hall–Kier alpha value is -1.82. The summed E-state index contributed by atoms with van der Waals surface area (Å²) >= 11 is 13.0. The predicted octanol–water partition coefficient (Wildman–Crippen LogP) is 6.57. The van der Waals surface area contributed by atoms with E-state index in [1.165, 1.54) is 0 Å². The number of halogens is 3. The van der Waals surface area contributed by atoms with E-state index in [-0.39, 0.29) is 0 Å². The van der Waals surface area contributed by atoms with Gasteiger partial charge >= 0.3 is 0 Å². The normalized spacial score (nSPS) is 10.9. The first-order chi connectivity index (χ1) is 13.1. The quantitative estimate of drug-likeness (QED) is 0.289. The van der Waals surface area contributed by atoms with Crippen molar-refractivity contribution in [2.24, 2.45) is 5.10 Å².